The summed E-state index contributed by atoms with van der Waals surface area (Å²) in [5, 5.41) is 4.50. The van der Waals surface area contributed by atoms with Crippen LogP contribution < -0.4 is 0 Å². The molecule has 0 spiro atoms. The first-order chi connectivity index (χ1) is 9.24. The van der Waals surface area contributed by atoms with Crippen molar-refractivity contribution in [2.75, 3.05) is 26.2 Å². The molecule has 0 saturated carbocycles. The number of hydrogen-bond donors (Lipinski definition) is 0. The third kappa shape index (κ3) is 3.04. The van der Waals surface area contributed by atoms with E-state index in [0.29, 0.717) is 0 Å². The maximum Gasteiger partial charge on any atom is 0.0247 e. The molecule has 3 rings (SSSR count). The Kier molecular flexibility index (Phi) is 4.25. The zero-order valence-corrected chi connectivity index (χ0v) is 13.0. The summed E-state index contributed by atoms with van der Waals surface area (Å²) in [7, 11) is 0. The summed E-state index contributed by atoms with van der Waals surface area (Å²) in [6.07, 6.45) is 4.05. The van der Waals surface area contributed by atoms with E-state index in [2.05, 4.69) is 40.5 Å². The van der Waals surface area contributed by atoms with Crippen LogP contribution in [0.2, 0.25) is 0 Å². The number of fused-ring (bicyclic) bond motifs is 1. The molecule has 106 valence electrons. The Balaban J connectivity index is 1.63. The highest BCUT2D eigenvalue weighted by Gasteiger charge is 2.36. The normalized spacial score (nSPS) is 29.0. The van der Waals surface area contributed by atoms with Gasteiger partial charge in [-0.25, -0.2) is 0 Å². The molecule has 0 N–H and O–H groups in total. The topological polar surface area (TPSA) is 6.48 Å². The molecule has 2 aliphatic rings. The Morgan fingerprint density at radius 3 is 3.00 bits per heavy atom. The van der Waals surface area contributed by atoms with Crippen LogP contribution in [-0.2, 0) is 6.42 Å². The quantitative estimate of drug-likeness (QED) is 0.835. The maximum absolute atomic E-state index is 2.77. The van der Waals surface area contributed by atoms with E-state index in [4.69, 9.17) is 0 Å². The average Bonchev–Trinajstić information content (AvgIpc) is 3.05. The monoisotopic (exact) mass is 278 g/mol. The summed E-state index contributed by atoms with van der Waals surface area (Å²) >= 11 is 1.82. The second kappa shape index (κ2) is 5.94. The molecule has 3 heterocycles. The lowest BCUT2D eigenvalue weighted by Crippen LogP contribution is -2.58. The summed E-state index contributed by atoms with van der Waals surface area (Å²) in [6, 6.07) is 3.88. The standard InChI is InChI=1S/C16H26N2S/c1-13(2)16-11-17-7-3-4-15(17)10-18(16)8-5-14-6-9-19-12-14/h6,9,12-13,15-16H,3-5,7-8,10-11H2,1-2H3. The average molecular weight is 278 g/mol. The fourth-order valence-electron chi connectivity index (χ4n) is 3.70. The molecule has 2 atom stereocenters. The Morgan fingerprint density at radius 1 is 1.37 bits per heavy atom. The SMILES string of the molecule is CC(C)C1CN2CCCC2CN1CCc1ccsc1. The fourth-order valence-corrected chi connectivity index (χ4v) is 4.40. The Bertz CT molecular complexity index is 387. The van der Waals surface area contributed by atoms with Crippen molar-refractivity contribution < 1.29 is 0 Å². The summed E-state index contributed by atoms with van der Waals surface area (Å²) in [4.78, 5) is 5.51. The van der Waals surface area contributed by atoms with Gasteiger partial charge in [-0.2, -0.15) is 11.3 Å². The smallest absolute Gasteiger partial charge is 0.0247 e. The highest BCUT2D eigenvalue weighted by molar-refractivity contribution is 7.07. The molecular formula is C16H26N2S. The summed E-state index contributed by atoms with van der Waals surface area (Å²) < 4.78 is 0. The van der Waals surface area contributed by atoms with Crippen LogP contribution in [0.3, 0.4) is 0 Å². The van der Waals surface area contributed by atoms with E-state index in [1.807, 2.05) is 11.3 Å². The van der Waals surface area contributed by atoms with Crippen LogP contribution in [0.25, 0.3) is 0 Å². The van der Waals surface area contributed by atoms with E-state index in [0.717, 1.165) is 18.0 Å². The van der Waals surface area contributed by atoms with E-state index in [9.17, 15) is 0 Å². The molecule has 2 nitrogen and oxygen atoms in total. The number of rotatable bonds is 4. The summed E-state index contributed by atoms with van der Waals surface area (Å²) in [6.45, 7) is 9.95. The van der Waals surface area contributed by atoms with Gasteiger partial charge in [-0.05, 0) is 54.1 Å². The third-order valence-corrected chi connectivity index (χ3v) is 5.60. The largest absolute Gasteiger partial charge is 0.298 e. The van der Waals surface area contributed by atoms with Crippen molar-refractivity contribution in [3.8, 4) is 0 Å². The van der Waals surface area contributed by atoms with Crippen molar-refractivity contribution in [2.24, 2.45) is 5.92 Å². The molecule has 19 heavy (non-hydrogen) atoms. The zero-order valence-electron chi connectivity index (χ0n) is 12.2. The van der Waals surface area contributed by atoms with Gasteiger partial charge >= 0.3 is 0 Å². The molecule has 0 bridgehead atoms. The van der Waals surface area contributed by atoms with E-state index in [1.165, 1.54) is 51.0 Å². The van der Waals surface area contributed by atoms with E-state index in [-0.39, 0.29) is 0 Å². The van der Waals surface area contributed by atoms with Crippen LogP contribution in [0.1, 0.15) is 32.3 Å². The highest BCUT2D eigenvalue weighted by atomic mass is 32.1. The first-order valence-corrected chi connectivity index (χ1v) is 8.67. The predicted octanol–water partition coefficient (Wildman–Crippen LogP) is 3.10. The van der Waals surface area contributed by atoms with Gasteiger partial charge < -0.3 is 0 Å². The Labute approximate surface area is 121 Å². The number of piperazine rings is 1. The van der Waals surface area contributed by atoms with Gasteiger partial charge in [0, 0.05) is 31.7 Å². The van der Waals surface area contributed by atoms with Gasteiger partial charge in [0.1, 0.15) is 0 Å². The minimum Gasteiger partial charge on any atom is -0.298 e. The zero-order chi connectivity index (χ0) is 13.2. The Hall–Kier alpha value is -0.380. The fraction of sp³-hybridized carbons (Fsp3) is 0.750. The van der Waals surface area contributed by atoms with E-state index in [1.54, 1.807) is 0 Å². The van der Waals surface area contributed by atoms with Gasteiger partial charge in [0.25, 0.3) is 0 Å². The maximum atomic E-state index is 2.77. The van der Waals surface area contributed by atoms with Crippen LogP contribution in [0.4, 0.5) is 0 Å². The third-order valence-electron chi connectivity index (χ3n) is 4.87. The molecule has 2 saturated heterocycles. The molecule has 3 heteroatoms. The summed E-state index contributed by atoms with van der Waals surface area (Å²) in [5.41, 5.74) is 1.52. The van der Waals surface area contributed by atoms with Crippen LogP contribution in [0.5, 0.6) is 0 Å². The summed E-state index contributed by atoms with van der Waals surface area (Å²) in [5.74, 6) is 0.768. The lowest BCUT2D eigenvalue weighted by Gasteiger charge is -2.45. The molecule has 0 aromatic carbocycles. The molecule has 2 unspecified atom stereocenters. The van der Waals surface area contributed by atoms with E-state index < -0.39 is 0 Å². The van der Waals surface area contributed by atoms with Crippen molar-refractivity contribution in [3.05, 3.63) is 22.4 Å². The van der Waals surface area contributed by atoms with E-state index >= 15 is 0 Å². The van der Waals surface area contributed by atoms with Gasteiger partial charge in [-0.3, -0.25) is 9.80 Å². The highest BCUT2D eigenvalue weighted by Crippen LogP contribution is 2.27. The van der Waals surface area contributed by atoms with Crippen LogP contribution in [0.15, 0.2) is 16.8 Å². The van der Waals surface area contributed by atoms with Crippen LogP contribution in [-0.4, -0.2) is 48.1 Å². The van der Waals surface area contributed by atoms with Gasteiger partial charge in [-0.1, -0.05) is 13.8 Å². The first-order valence-electron chi connectivity index (χ1n) is 7.73. The molecular weight excluding hydrogens is 252 g/mol. The van der Waals surface area contributed by atoms with Crippen molar-refractivity contribution in [1.82, 2.24) is 9.80 Å². The lowest BCUT2D eigenvalue weighted by molar-refractivity contribution is 0.0302. The second-order valence-electron chi connectivity index (χ2n) is 6.48. The van der Waals surface area contributed by atoms with Gasteiger partial charge in [0.05, 0.1) is 0 Å². The van der Waals surface area contributed by atoms with Crippen LogP contribution >= 0.6 is 11.3 Å². The molecule has 0 aliphatic carbocycles. The van der Waals surface area contributed by atoms with Gasteiger partial charge in [0.15, 0.2) is 0 Å². The molecule has 2 fully saturated rings. The van der Waals surface area contributed by atoms with Gasteiger partial charge in [-0.15, -0.1) is 0 Å². The molecule has 2 aliphatic heterocycles. The molecule has 0 amide bonds. The number of nitrogens with zero attached hydrogens (tertiary/aromatic N) is 2. The molecule has 1 aromatic heterocycles. The minimum atomic E-state index is 0.757. The molecule has 0 radical (unpaired) electrons. The van der Waals surface area contributed by atoms with Crippen LogP contribution in [0, 0.1) is 5.92 Å². The lowest BCUT2D eigenvalue weighted by atomic mass is 9.97. The minimum absolute atomic E-state index is 0.757. The first kappa shape index (κ1) is 13.6. The van der Waals surface area contributed by atoms with Crippen molar-refractivity contribution in [2.45, 2.75) is 45.2 Å². The number of thiophene rings is 1. The number of hydrogen-bond acceptors (Lipinski definition) is 3. The van der Waals surface area contributed by atoms with Gasteiger partial charge in [0.2, 0.25) is 0 Å². The van der Waals surface area contributed by atoms with Crippen molar-refractivity contribution >= 4 is 11.3 Å². The Morgan fingerprint density at radius 2 is 2.26 bits per heavy atom. The van der Waals surface area contributed by atoms with Crippen molar-refractivity contribution in [3.63, 3.8) is 0 Å². The predicted molar refractivity (Wildman–Crippen MR) is 82.8 cm³/mol. The van der Waals surface area contributed by atoms with Crippen molar-refractivity contribution in [1.29, 1.82) is 0 Å². The molecule has 1 aromatic rings. The second-order valence-corrected chi connectivity index (χ2v) is 7.26.